The highest BCUT2D eigenvalue weighted by molar-refractivity contribution is 6.04. The molecular weight excluding hydrogens is 567 g/mol. The molecule has 11 nitrogen and oxygen atoms in total. The van der Waals surface area contributed by atoms with Crippen LogP contribution in [0.15, 0.2) is 55.0 Å². The highest BCUT2D eigenvalue weighted by Crippen LogP contribution is 2.39. The summed E-state index contributed by atoms with van der Waals surface area (Å²) in [5, 5.41) is 4.79. The fourth-order valence-electron chi connectivity index (χ4n) is 5.66. The molecule has 0 saturated carbocycles. The lowest BCUT2D eigenvalue weighted by molar-refractivity contribution is -0.137. The van der Waals surface area contributed by atoms with E-state index in [1.165, 1.54) is 25.4 Å². The second-order valence-corrected chi connectivity index (χ2v) is 10.4. The molecule has 0 bridgehead atoms. The number of halogens is 3. The molecule has 0 aliphatic carbocycles. The summed E-state index contributed by atoms with van der Waals surface area (Å²) in [5.74, 6) is -0.105. The minimum Gasteiger partial charge on any atom is -0.389 e. The molecule has 43 heavy (non-hydrogen) atoms. The zero-order valence-corrected chi connectivity index (χ0v) is 22.9. The maximum absolute atomic E-state index is 13.1. The molecular formula is C29H26F3N7O4. The lowest BCUT2D eigenvalue weighted by Gasteiger charge is -2.34. The number of hydrogen-bond donors (Lipinski definition) is 2. The van der Waals surface area contributed by atoms with Gasteiger partial charge in [-0.1, -0.05) is 12.1 Å². The van der Waals surface area contributed by atoms with Crippen molar-refractivity contribution >= 4 is 29.2 Å². The predicted octanol–water partition coefficient (Wildman–Crippen LogP) is 4.65. The highest BCUT2D eigenvalue weighted by Gasteiger charge is 2.38. The van der Waals surface area contributed by atoms with Crippen LogP contribution in [0.5, 0.6) is 5.88 Å². The number of aromatic nitrogens is 4. The number of nitrogens with one attached hydrogen (secondary N) is 2. The summed E-state index contributed by atoms with van der Waals surface area (Å²) in [6, 6.07) is 8.11. The normalized spacial score (nSPS) is 18.4. The number of alkyl halides is 3. The molecule has 3 amide bonds. The van der Waals surface area contributed by atoms with Crippen molar-refractivity contribution in [2.75, 3.05) is 18.9 Å². The molecule has 2 aliphatic rings. The number of nitrogens with zero attached hydrogens (tertiary/aromatic N) is 5. The Balaban J connectivity index is 1.33. The summed E-state index contributed by atoms with van der Waals surface area (Å²) in [7, 11) is 1.43. The van der Waals surface area contributed by atoms with Crippen molar-refractivity contribution in [1.29, 1.82) is 0 Å². The number of benzene rings is 1. The van der Waals surface area contributed by atoms with Crippen LogP contribution in [0.25, 0.3) is 16.8 Å². The molecule has 6 rings (SSSR count). The van der Waals surface area contributed by atoms with E-state index < -0.39 is 23.7 Å². The van der Waals surface area contributed by atoms with Crippen molar-refractivity contribution < 1.29 is 32.3 Å². The fraction of sp³-hybridized carbons (Fsp3) is 0.310. The third-order valence-electron chi connectivity index (χ3n) is 7.77. The monoisotopic (exact) mass is 593 g/mol. The van der Waals surface area contributed by atoms with Gasteiger partial charge < -0.3 is 20.3 Å². The Morgan fingerprint density at radius 3 is 2.58 bits per heavy atom. The first-order chi connectivity index (χ1) is 20.6. The van der Waals surface area contributed by atoms with E-state index >= 15 is 0 Å². The Labute approximate surface area is 243 Å². The van der Waals surface area contributed by atoms with Gasteiger partial charge in [0.05, 0.1) is 5.56 Å². The largest absolute Gasteiger partial charge is 0.416 e. The minimum absolute atomic E-state index is 0.0268. The van der Waals surface area contributed by atoms with Crippen LogP contribution in [0.3, 0.4) is 0 Å². The predicted molar refractivity (Wildman–Crippen MR) is 147 cm³/mol. The number of fused-ring (bicyclic) bond motifs is 2. The molecule has 0 spiro atoms. The van der Waals surface area contributed by atoms with Crippen LogP contribution in [-0.4, -0.2) is 61.8 Å². The van der Waals surface area contributed by atoms with Crippen LogP contribution in [0.1, 0.15) is 53.3 Å². The Kier molecular flexibility index (Phi) is 7.20. The van der Waals surface area contributed by atoms with E-state index in [1.807, 2.05) is 9.30 Å². The van der Waals surface area contributed by atoms with Crippen LogP contribution in [-0.2, 0) is 11.0 Å². The Morgan fingerprint density at radius 1 is 1.05 bits per heavy atom. The first-order valence-corrected chi connectivity index (χ1v) is 13.6. The van der Waals surface area contributed by atoms with Crippen molar-refractivity contribution in [3.63, 3.8) is 0 Å². The molecule has 0 unspecified atom stereocenters. The Morgan fingerprint density at radius 2 is 1.84 bits per heavy atom. The van der Waals surface area contributed by atoms with Gasteiger partial charge in [0, 0.05) is 61.7 Å². The van der Waals surface area contributed by atoms with E-state index in [2.05, 4.69) is 20.6 Å². The van der Waals surface area contributed by atoms with Crippen LogP contribution in [0, 0.1) is 0 Å². The van der Waals surface area contributed by atoms with Gasteiger partial charge in [-0.3, -0.25) is 14.0 Å². The lowest BCUT2D eigenvalue weighted by atomic mass is 9.92. The topological polar surface area (TPSA) is 131 Å². The highest BCUT2D eigenvalue weighted by atomic mass is 19.4. The van der Waals surface area contributed by atoms with Crippen molar-refractivity contribution in [3.8, 4) is 17.1 Å². The number of carbonyl (C=O) groups is 3. The summed E-state index contributed by atoms with van der Waals surface area (Å²) in [6.07, 6.45) is 1.99. The van der Waals surface area contributed by atoms with Gasteiger partial charge in [0.15, 0.2) is 0 Å². The van der Waals surface area contributed by atoms with Gasteiger partial charge in [-0.25, -0.2) is 19.7 Å². The van der Waals surface area contributed by atoms with Crippen LogP contribution >= 0.6 is 0 Å². The van der Waals surface area contributed by atoms with E-state index in [-0.39, 0.29) is 35.1 Å². The molecule has 2 aliphatic heterocycles. The second-order valence-electron chi connectivity index (χ2n) is 10.4. The first kappa shape index (κ1) is 28.1. The van der Waals surface area contributed by atoms with E-state index in [0.29, 0.717) is 35.6 Å². The molecule has 14 heteroatoms. The summed E-state index contributed by atoms with van der Waals surface area (Å²) >= 11 is 0. The first-order valence-electron chi connectivity index (χ1n) is 13.6. The number of hydrogen-bond acceptors (Lipinski definition) is 7. The molecule has 2 N–H and O–H groups in total. The van der Waals surface area contributed by atoms with E-state index in [9.17, 15) is 27.6 Å². The summed E-state index contributed by atoms with van der Waals surface area (Å²) in [5.41, 5.74) is 0.710. The van der Waals surface area contributed by atoms with Crippen molar-refractivity contribution in [3.05, 3.63) is 71.9 Å². The lowest BCUT2D eigenvalue weighted by Crippen LogP contribution is -2.41. The Hall–Kier alpha value is -5.01. The molecule has 3 aromatic heterocycles. The minimum atomic E-state index is -4.57. The standard InChI is InChI=1S/C29H26F3N7O4/c1-33-28(42)43-27-24-23(37-25(38(24)13-12-35-27)18-6-7-20-8-9-22(40)39(20)15-18)16-2-4-17(5-3-16)26(41)36-21-14-19(10-11-34-21)29(30,31)32/h2-5,10-14,18,20H,6-9,15H2,1H3,(H,33,42)(H,34,36,41)/t18-,20+/m1/s1. The maximum Gasteiger partial charge on any atom is 0.416 e. The van der Waals surface area contributed by atoms with E-state index in [1.54, 1.807) is 18.3 Å². The van der Waals surface area contributed by atoms with Crippen LogP contribution in [0.2, 0.25) is 0 Å². The molecule has 222 valence electrons. The van der Waals surface area contributed by atoms with Gasteiger partial charge in [-0.2, -0.15) is 13.2 Å². The molecule has 2 atom stereocenters. The van der Waals surface area contributed by atoms with Gasteiger partial charge in [0.1, 0.15) is 22.9 Å². The Bertz CT molecular complexity index is 1720. The number of imidazole rings is 1. The van der Waals surface area contributed by atoms with Gasteiger partial charge in [0.25, 0.3) is 11.8 Å². The number of ether oxygens (including phenoxy) is 1. The van der Waals surface area contributed by atoms with Crippen LogP contribution in [0.4, 0.5) is 23.8 Å². The van der Waals surface area contributed by atoms with Crippen molar-refractivity contribution in [1.82, 2.24) is 29.6 Å². The molecule has 1 aromatic carbocycles. The van der Waals surface area contributed by atoms with Crippen molar-refractivity contribution in [2.24, 2.45) is 0 Å². The number of piperidine rings is 1. The molecule has 0 radical (unpaired) electrons. The smallest absolute Gasteiger partial charge is 0.389 e. The SMILES string of the molecule is CNC(=O)Oc1nccn2c([C@@H]3CC[C@H]4CCC(=O)N4C3)nc(-c3ccc(C(=O)Nc4cc(C(F)(F)F)ccn4)cc3)c12. The third-order valence-corrected chi connectivity index (χ3v) is 7.77. The van der Waals surface area contributed by atoms with Gasteiger partial charge >= 0.3 is 12.3 Å². The molecule has 4 aromatic rings. The third kappa shape index (κ3) is 5.47. The van der Waals surface area contributed by atoms with Gasteiger partial charge in [-0.05, 0) is 43.5 Å². The summed E-state index contributed by atoms with van der Waals surface area (Å²) < 4.78 is 46.4. The van der Waals surface area contributed by atoms with Gasteiger partial charge in [0.2, 0.25) is 5.91 Å². The summed E-state index contributed by atoms with van der Waals surface area (Å²) in [4.78, 5) is 52.4. The zero-order valence-electron chi connectivity index (χ0n) is 22.9. The zero-order chi connectivity index (χ0) is 30.3. The average molecular weight is 594 g/mol. The average Bonchev–Trinajstić information content (AvgIpc) is 3.58. The second kappa shape index (κ2) is 11.0. The molecule has 5 heterocycles. The van der Waals surface area contributed by atoms with E-state index in [0.717, 1.165) is 37.6 Å². The quantitative estimate of drug-likeness (QED) is 0.345. The number of anilines is 1. The van der Waals surface area contributed by atoms with Gasteiger partial charge in [-0.15, -0.1) is 0 Å². The number of amides is 3. The maximum atomic E-state index is 13.1. The molecule has 2 saturated heterocycles. The van der Waals surface area contributed by atoms with Crippen LogP contribution < -0.4 is 15.4 Å². The van der Waals surface area contributed by atoms with Crippen molar-refractivity contribution in [2.45, 2.75) is 43.8 Å². The number of pyridine rings is 1. The number of carbonyl (C=O) groups excluding carboxylic acids is 3. The summed E-state index contributed by atoms with van der Waals surface area (Å²) in [6.45, 7) is 0.526. The molecule has 2 fully saturated rings. The number of rotatable bonds is 5. The fourth-order valence-corrected chi connectivity index (χ4v) is 5.66. The van der Waals surface area contributed by atoms with E-state index in [4.69, 9.17) is 9.72 Å².